The summed E-state index contributed by atoms with van der Waals surface area (Å²) in [6.07, 6.45) is 3.08. The van der Waals surface area contributed by atoms with E-state index in [0.717, 1.165) is 43.4 Å². The molecule has 1 amide bonds. The maximum atomic E-state index is 12.6. The molecule has 2 aliphatic rings. The summed E-state index contributed by atoms with van der Waals surface area (Å²) in [4.78, 5) is 15.1. The van der Waals surface area contributed by atoms with Crippen LogP contribution in [0.1, 0.15) is 41.9 Å². The Balaban J connectivity index is 1.23. The Bertz CT molecular complexity index is 814. The van der Waals surface area contributed by atoms with E-state index in [2.05, 4.69) is 75.5 Å². The number of piperidine rings is 1. The first-order valence-electron chi connectivity index (χ1n) is 9.92. The largest absolute Gasteiger partial charge is 0.353 e. The van der Waals surface area contributed by atoms with Gasteiger partial charge in [0, 0.05) is 36.1 Å². The lowest BCUT2D eigenvalue weighted by Crippen LogP contribution is -2.44. The monoisotopic (exact) mass is 426 g/mol. The molecule has 4 heteroatoms. The maximum Gasteiger partial charge on any atom is 0.223 e. The van der Waals surface area contributed by atoms with Crippen molar-refractivity contribution in [2.75, 3.05) is 13.1 Å². The van der Waals surface area contributed by atoms with Gasteiger partial charge in [0.1, 0.15) is 0 Å². The molecule has 4 rings (SSSR count). The molecule has 0 spiro atoms. The van der Waals surface area contributed by atoms with Crippen molar-refractivity contribution in [3.05, 3.63) is 69.7 Å². The van der Waals surface area contributed by atoms with Crippen molar-refractivity contribution < 1.29 is 4.79 Å². The molecular formula is C23H27BrN2O. The summed E-state index contributed by atoms with van der Waals surface area (Å²) >= 11 is 3.52. The minimum absolute atomic E-state index is 0.157. The molecule has 0 radical (unpaired) electrons. The van der Waals surface area contributed by atoms with Gasteiger partial charge in [-0.15, -0.1) is 0 Å². The fraction of sp³-hybridized carbons (Fsp3) is 0.435. The minimum atomic E-state index is 0.157. The van der Waals surface area contributed by atoms with Gasteiger partial charge in [-0.1, -0.05) is 57.9 Å². The molecule has 27 heavy (non-hydrogen) atoms. The lowest BCUT2D eigenvalue weighted by molar-refractivity contribution is -0.123. The molecule has 1 aliphatic carbocycles. The van der Waals surface area contributed by atoms with Gasteiger partial charge in [-0.25, -0.2) is 0 Å². The second kappa shape index (κ2) is 8.15. The SMILES string of the molecule is Cc1cccc(CN2CCC(NC(=O)C3CC3c3cccc(Br)c3)CC2)c1. The number of hydrogen-bond donors (Lipinski definition) is 1. The third-order valence-electron chi connectivity index (χ3n) is 5.83. The Morgan fingerprint density at radius 2 is 1.93 bits per heavy atom. The quantitative estimate of drug-likeness (QED) is 0.754. The summed E-state index contributed by atoms with van der Waals surface area (Å²) in [5, 5.41) is 3.31. The summed E-state index contributed by atoms with van der Waals surface area (Å²) in [6.45, 7) is 5.26. The van der Waals surface area contributed by atoms with Crippen LogP contribution in [0.5, 0.6) is 0 Å². The number of benzene rings is 2. The first kappa shape index (κ1) is 18.7. The van der Waals surface area contributed by atoms with E-state index in [1.165, 1.54) is 16.7 Å². The Morgan fingerprint density at radius 1 is 1.15 bits per heavy atom. The molecule has 0 aromatic heterocycles. The van der Waals surface area contributed by atoms with E-state index in [1.54, 1.807) is 0 Å². The van der Waals surface area contributed by atoms with Crippen LogP contribution in [0.25, 0.3) is 0 Å². The Hall–Kier alpha value is -1.65. The molecule has 0 bridgehead atoms. The first-order chi connectivity index (χ1) is 13.1. The number of carbonyl (C=O) groups excluding carboxylic acids is 1. The smallest absolute Gasteiger partial charge is 0.223 e. The highest BCUT2D eigenvalue weighted by atomic mass is 79.9. The van der Waals surface area contributed by atoms with Crippen LogP contribution in [-0.2, 0) is 11.3 Å². The number of carbonyl (C=O) groups is 1. The van der Waals surface area contributed by atoms with Crippen LogP contribution in [0.15, 0.2) is 53.0 Å². The molecule has 2 aromatic carbocycles. The van der Waals surface area contributed by atoms with Gasteiger partial charge >= 0.3 is 0 Å². The molecule has 2 aromatic rings. The number of hydrogen-bond acceptors (Lipinski definition) is 2. The third kappa shape index (κ3) is 4.80. The fourth-order valence-corrected chi connectivity index (χ4v) is 4.62. The molecule has 1 heterocycles. The van der Waals surface area contributed by atoms with Crippen LogP contribution < -0.4 is 5.32 Å². The normalized spacial score (nSPS) is 23.2. The van der Waals surface area contributed by atoms with Crippen molar-refractivity contribution in [1.29, 1.82) is 0 Å². The molecule has 1 saturated heterocycles. The molecule has 3 nitrogen and oxygen atoms in total. The average Bonchev–Trinajstić information content (AvgIpc) is 3.44. The molecular weight excluding hydrogens is 400 g/mol. The van der Waals surface area contributed by atoms with Crippen LogP contribution in [0.3, 0.4) is 0 Å². The van der Waals surface area contributed by atoms with Gasteiger partial charge in [0.25, 0.3) is 0 Å². The van der Waals surface area contributed by atoms with Gasteiger partial charge < -0.3 is 5.32 Å². The number of halogens is 1. The fourth-order valence-electron chi connectivity index (χ4n) is 4.20. The first-order valence-corrected chi connectivity index (χ1v) is 10.7. The van der Waals surface area contributed by atoms with Gasteiger partial charge in [-0.2, -0.15) is 0 Å². The van der Waals surface area contributed by atoms with Crippen molar-refractivity contribution in [1.82, 2.24) is 10.2 Å². The van der Waals surface area contributed by atoms with Crippen molar-refractivity contribution in [3.63, 3.8) is 0 Å². The molecule has 1 saturated carbocycles. The lowest BCUT2D eigenvalue weighted by atomic mass is 10.0. The van der Waals surface area contributed by atoms with E-state index in [0.29, 0.717) is 12.0 Å². The Morgan fingerprint density at radius 3 is 2.67 bits per heavy atom. The number of likely N-dealkylation sites (tertiary alicyclic amines) is 1. The Labute approximate surface area is 170 Å². The second-order valence-electron chi connectivity index (χ2n) is 8.05. The predicted molar refractivity (Wildman–Crippen MR) is 113 cm³/mol. The number of nitrogens with zero attached hydrogens (tertiary/aromatic N) is 1. The highest BCUT2D eigenvalue weighted by Crippen LogP contribution is 2.48. The number of nitrogens with one attached hydrogen (secondary N) is 1. The number of rotatable bonds is 5. The molecule has 2 fully saturated rings. The lowest BCUT2D eigenvalue weighted by Gasteiger charge is -2.32. The van der Waals surface area contributed by atoms with Crippen LogP contribution in [0.2, 0.25) is 0 Å². The van der Waals surface area contributed by atoms with E-state index in [9.17, 15) is 4.79 Å². The van der Waals surface area contributed by atoms with E-state index in [1.807, 2.05) is 6.07 Å². The molecule has 1 aliphatic heterocycles. The van der Waals surface area contributed by atoms with E-state index in [-0.39, 0.29) is 11.8 Å². The predicted octanol–water partition coefficient (Wildman–Crippen LogP) is 4.64. The Kier molecular flexibility index (Phi) is 5.65. The van der Waals surface area contributed by atoms with Crippen LogP contribution in [0, 0.1) is 12.8 Å². The van der Waals surface area contributed by atoms with E-state index < -0.39 is 0 Å². The van der Waals surface area contributed by atoms with Crippen LogP contribution in [0.4, 0.5) is 0 Å². The van der Waals surface area contributed by atoms with Gasteiger partial charge in [0.15, 0.2) is 0 Å². The maximum absolute atomic E-state index is 12.6. The van der Waals surface area contributed by atoms with Crippen molar-refractivity contribution in [3.8, 4) is 0 Å². The highest BCUT2D eigenvalue weighted by molar-refractivity contribution is 9.10. The zero-order chi connectivity index (χ0) is 18.8. The van der Waals surface area contributed by atoms with Gasteiger partial charge in [0.2, 0.25) is 5.91 Å². The molecule has 2 unspecified atom stereocenters. The van der Waals surface area contributed by atoms with Gasteiger partial charge in [0.05, 0.1) is 0 Å². The summed E-state index contributed by atoms with van der Waals surface area (Å²) in [5.41, 5.74) is 3.98. The highest BCUT2D eigenvalue weighted by Gasteiger charge is 2.44. The zero-order valence-corrected chi connectivity index (χ0v) is 17.4. The summed E-state index contributed by atoms with van der Waals surface area (Å²) < 4.78 is 1.09. The van der Waals surface area contributed by atoms with Gasteiger partial charge in [-0.05, 0) is 55.4 Å². The van der Waals surface area contributed by atoms with E-state index >= 15 is 0 Å². The second-order valence-corrected chi connectivity index (χ2v) is 8.97. The van der Waals surface area contributed by atoms with Crippen LogP contribution >= 0.6 is 15.9 Å². The molecule has 1 N–H and O–H groups in total. The molecule has 2 atom stereocenters. The van der Waals surface area contributed by atoms with Crippen molar-refractivity contribution in [2.45, 2.75) is 44.7 Å². The molecule has 142 valence electrons. The summed E-state index contributed by atoms with van der Waals surface area (Å²) in [5.74, 6) is 0.797. The van der Waals surface area contributed by atoms with Crippen molar-refractivity contribution in [2.24, 2.45) is 5.92 Å². The van der Waals surface area contributed by atoms with Gasteiger partial charge in [-0.3, -0.25) is 9.69 Å². The van der Waals surface area contributed by atoms with Crippen LogP contribution in [-0.4, -0.2) is 29.9 Å². The number of amides is 1. The van der Waals surface area contributed by atoms with E-state index in [4.69, 9.17) is 0 Å². The standard InChI is InChI=1S/C23H27BrN2O/c1-16-4-2-5-17(12-16)15-26-10-8-20(9-11-26)25-23(27)22-14-21(22)18-6-3-7-19(24)13-18/h2-7,12-13,20-22H,8-11,14-15H2,1H3,(H,25,27). The third-order valence-corrected chi connectivity index (χ3v) is 6.32. The number of aryl methyl sites for hydroxylation is 1. The average molecular weight is 427 g/mol. The minimum Gasteiger partial charge on any atom is -0.353 e. The van der Waals surface area contributed by atoms with Crippen molar-refractivity contribution >= 4 is 21.8 Å². The zero-order valence-electron chi connectivity index (χ0n) is 15.8. The summed E-state index contributed by atoms with van der Waals surface area (Å²) in [7, 11) is 0. The summed E-state index contributed by atoms with van der Waals surface area (Å²) in [6, 6.07) is 17.4. The topological polar surface area (TPSA) is 32.3 Å².